The van der Waals surface area contributed by atoms with E-state index in [1.165, 1.54) is 0 Å². The fourth-order valence-corrected chi connectivity index (χ4v) is 0.754. The van der Waals surface area contributed by atoms with Gasteiger partial charge in [-0.25, -0.2) is 4.39 Å². The minimum atomic E-state index is -5.06. The van der Waals surface area contributed by atoms with Gasteiger partial charge in [-0.1, -0.05) is 11.6 Å². The van der Waals surface area contributed by atoms with Crippen LogP contribution in [0.15, 0.2) is 6.07 Å². The smallest absolute Gasteiger partial charge is 0.505 e. The van der Waals surface area contributed by atoms with Gasteiger partial charge >= 0.3 is 6.36 Å². The van der Waals surface area contributed by atoms with Crippen molar-refractivity contribution < 1.29 is 27.4 Å². The van der Waals surface area contributed by atoms with E-state index in [4.69, 9.17) is 16.7 Å². The highest BCUT2D eigenvalue weighted by Gasteiger charge is 2.33. The molecule has 8 heteroatoms. The molecular weight excluding hydrogens is 230 g/mol. The van der Waals surface area contributed by atoms with Crippen LogP contribution in [0.1, 0.15) is 0 Å². The van der Waals surface area contributed by atoms with Gasteiger partial charge in [-0.2, -0.15) is 4.98 Å². The van der Waals surface area contributed by atoms with Crippen molar-refractivity contribution in [1.82, 2.24) is 4.98 Å². The summed E-state index contributed by atoms with van der Waals surface area (Å²) in [5.41, 5.74) is 0. The first-order valence-electron chi connectivity index (χ1n) is 3.10. The second kappa shape index (κ2) is 3.49. The molecule has 1 aromatic rings. The lowest BCUT2D eigenvalue weighted by atomic mass is 10.4. The number of pyridine rings is 1. The summed E-state index contributed by atoms with van der Waals surface area (Å²) < 4.78 is 50.7. The van der Waals surface area contributed by atoms with Crippen molar-refractivity contribution >= 4 is 11.6 Å². The zero-order valence-electron chi connectivity index (χ0n) is 6.27. The number of rotatable bonds is 1. The molecule has 1 N–H and O–H groups in total. The molecule has 78 valence electrons. The summed E-state index contributed by atoms with van der Waals surface area (Å²) in [7, 11) is 0. The lowest BCUT2D eigenvalue weighted by Gasteiger charge is -2.08. The van der Waals surface area contributed by atoms with E-state index < -0.39 is 29.0 Å². The quantitative estimate of drug-likeness (QED) is 0.596. The van der Waals surface area contributed by atoms with Crippen LogP contribution in [0, 0.1) is 5.82 Å². The number of halogens is 5. The molecular formula is C6H2ClF4NO2. The molecule has 0 spiro atoms. The summed E-state index contributed by atoms with van der Waals surface area (Å²) in [5.74, 6) is -3.55. The zero-order chi connectivity index (χ0) is 10.9. The Morgan fingerprint density at radius 3 is 2.50 bits per heavy atom. The second-order valence-electron chi connectivity index (χ2n) is 2.13. The Morgan fingerprint density at radius 2 is 2.00 bits per heavy atom. The van der Waals surface area contributed by atoms with E-state index in [2.05, 4.69) is 9.72 Å². The molecule has 0 aliphatic rings. The highest BCUT2D eigenvalue weighted by molar-refractivity contribution is 6.30. The summed E-state index contributed by atoms with van der Waals surface area (Å²) >= 11 is 5.14. The average Bonchev–Trinajstić information content (AvgIpc) is 1.97. The third-order valence-electron chi connectivity index (χ3n) is 1.09. The van der Waals surface area contributed by atoms with Crippen LogP contribution in [-0.2, 0) is 0 Å². The number of aromatic nitrogens is 1. The Bertz CT molecular complexity index is 354. The van der Waals surface area contributed by atoms with Gasteiger partial charge in [0.1, 0.15) is 0 Å². The van der Waals surface area contributed by atoms with E-state index in [1.54, 1.807) is 0 Å². The molecule has 0 saturated heterocycles. The number of aromatic hydroxyl groups is 1. The maximum atomic E-state index is 12.7. The van der Waals surface area contributed by atoms with Crippen molar-refractivity contribution in [3.63, 3.8) is 0 Å². The average molecular weight is 232 g/mol. The SMILES string of the molecule is Oc1cc(F)c(OC(F)(F)F)nc1Cl. The van der Waals surface area contributed by atoms with Crippen molar-refractivity contribution in [2.75, 3.05) is 0 Å². The van der Waals surface area contributed by atoms with Gasteiger partial charge in [0.25, 0.3) is 5.88 Å². The first-order chi connectivity index (χ1) is 6.29. The van der Waals surface area contributed by atoms with Crippen LogP contribution in [0.3, 0.4) is 0 Å². The highest BCUT2D eigenvalue weighted by atomic mass is 35.5. The van der Waals surface area contributed by atoms with Crippen molar-refractivity contribution in [2.24, 2.45) is 0 Å². The Labute approximate surface area is 79.9 Å². The molecule has 0 bridgehead atoms. The highest BCUT2D eigenvalue weighted by Crippen LogP contribution is 2.29. The van der Waals surface area contributed by atoms with E-state index in [0.29, 0.717) is 6.07 Å². The molecule has 1 aromatic heterocycles. The largest absolute Gasteiger partial charge is 0.574 e. The Morgan fingerprint density at radius 1 is 1.43 bits per heavy atom. The number of hydrogen-bond acceptors (Lipinski definition) is 3. The van der Waals surface area contributed by atoms with Crippen LogP contribution in [0.2, 0.25) is 5.15 Å². The van der Waals surface area contributed by atoms with Crippen LogP contribution < -0.4 is 4.74 Å². The van der Waals surface area contributed by atoms with E-state index >= 15 is 0 Å². The molecule has 0 fully saturated rings. The second-order valence-corrected chi connectivity index (χ2v) is 2.49. The molecule has 0 saturated carbocycles. The number of hydrogen-bond donors (Lipinski definition) is 1. The van der Waals surface area contributed by atoms with Crippen LogP contribution in [0.4, 0.5) is 17.6 Å². The Kier molecular flexibility index (Phi) is 2.70. The predicted molar refractivity (Wildman–Crippen MR) is 37.6 cm³/mol. The zero-order valence-corrected chi connectivity index (χ0v) is 7.03. The summed E-state index contributed by atoms with van der Waals surface area (Å²) in [4.78, 5) is 2.86. The minimum absolute atomic E-state index is 0.371. The van der Waals surface area contributed by atoms with E-state index in [1.807, 2.05) is 0 Å². The van der Waals surface area contributed by atoms with Gasteiger partial charge in [0.15, 0.2) is 16.7 Å². The van der Waals surface area contributed by atoms with Crippen molar-refractivity contribution in [2.45, 2.75) is 6.36 Å². The van der Waals surface area contributed by atoms with Gasteiger partial charge in [0.2, 0.25) is 0 Å². The van der Waals surface area contributed by atoms with E-state index in [9.17, 15) is 17.6 Å². The third-order valence-corrected chi connectivity index (χ3v) is 1.37. The summed E-state index contributed by atoms with van der Waals surface area (Å²) in [6.45, 7) is 0. The van der Waals surface area contributed by atoms with Gasteiger partial charge in [-0.3, -0.25) is 0 Å². The fraction of sp³-hybridized carbons (Fsp3) is 0.167. The summed E-state index contributed by atoms with van der Waals surface area (Å²) in [6.07, 6.45) is -5.06. The van der Waals surface area contributed by atoms with Crippen molar-refractivity contribution in [3.8, 4) is 11.6 Å². The normalized spacial score (nSPS) is 11.5. The molecule has 0 aliphatic carbocycles. The Hall–Kier alpha value is -1.24. The lowest BCUT2D eigenvalue weighted by Crippen LogP contribution is -2.18. The minimum Gasteiger partial charge on any atom is -0.505 e. The Balaban J connectivity index is 3.04. The number of ether oxygens (including phenoxy) is 1. The van der Waals surface area contributed by atoms with Crippen LogP contribution in [0.25, 0.3) is 0 Å². The van der Waals surface area contributed by atoms with E-state index in [0.717, 1.165) is 0 Å². The molecule has 0 unspecified atom stereocenters. The van der Waals surface area contributed by atoms with Gasteiger partial charge in [0, 0.05) is 6.07 Å². The summed E-state index contributed by atoms with van der Waals surface area (Å²) in [6, 6.07) is 0.371. The predicted octanol–water partition coefficient (Wildman–Crippen LogP) is 2.48. The first kappa shape index (κ1) is 10.8. The summed E-state index contributed by atoms with van der Waals surface area (Å²) in [5, 5.41) is 8.08. The van der Waals surface area contributed by atoms with Gasteiger partial charge in [-0.05, 0) is 0 Å². The lowest BCUT2D eigenvalue weighted by molar-refractivity contribution is -0.277. The van der Waals surface area contributed by atoms with Crippen LogP contribution >= 0.6 is 11.6 Å². The van der Waals surface area contributed by atoms with Crippen molar-refractivity contribution in [3.05, 3.63) is 17.0 Å². The molecule has 3 nitrogen and oxygen atoms in total. The van der Waals surface area contributed by atoms with Crippen LogP contribution in [0.5, 0.6) is 11.6 Å². The molecule has 0 amide bonds. The molecule has 0 aromatic carbocycles. The molecule has 1 heterocycles. The first-order valence-corrected chi connectivity index (χ1v) is 3.48. The topological polar surface area (TPSA) is 42.4 Å². The fourth-order valence-electron chi connectivity index (χ4n) is 0.622. The van der Waals surface area contributed by atoms with Crippen molar-refractivity contribution in [1.29, 1.82) is 0 Å². The molecule has 0 radical (unpaired) electrons. The number of nitrogens with zero attached hydrogens (tertiary/aromatic N) is 1. The molecule has 14 heavy (non-hydrogen) atoms. The van der Waals surface area contributed by atoms with Gasteiger partial charge < -0.3 is 9.84 Å². The molecule has 0 aliphatic heterocycles. The van der Waals surface area contributed by atoms with E-state index in [-0.39, 0.29) is 0 Å². The molecule has 0 atom stereocenters. The maximum Gasteiger partial charge on any atom is 0.574 e. The van der Waals surface area contributed by atoms with Gasteiger partial charge in [0.05, 0.1) is 0 Å². The maximum absolute atomic E-state index is 12.7. The van der Waals surface area contributed by atoms with Gasteiger partial charge in [-0.15, -0.1) is 13.2 Å². The standard InChI is InChI=1S/C6H2ClF4NO2/c7-4-3(13)1-2(8)5(12-4)14-6(9,10)11/h1,13H. The number of alkyl halides is 3. The monoisotopic (exact) mass is 231 g/mol. The van der Waals surface area contributed by atoms with Crippen LogP contribution in [-0.4, -0.2) is 16.5 Å². The molecule has 1 rings (SSSR count). The third kappa shape index (κ3) is 2.63.